The third kappa shape index (κ3) is 4.19. The van der Waals surface area contributed by atoms with Crippen molar-refractivity contribution in [3.05, 3.63) is 45.4 Å². The predicted octanol–water partition coefficient (Wildman–Crippen LogP) is 1.63. The molecule has 0 saturated carbocycles. The fourth-order valence-corrected chi connectivity index (χ4v) is 5.47. The summed E-state index contributed by atoms with van der Waals surface area (Å²) in [5.41, 5.74) is 7.48. The van der Waals surface area contributed by atoms with Crippen molar-refractivity contribution in [2.45, 2.75) is 52.2 Å². The zero-order valence-electron chi connectivity index (χ0n) is 21.3. The summed E-state index contributed by atoms with van der Waals surface area (Å²) in [7, 11) is 0. The fraction of sp³-hybridized carbons (Fsp3) is 0.462. The number of aliphatic hydroxyl groups is 3. The molecule has 0 saturated heterocycles. The van der Waals surface area contributed by atoms with E-state index in [0.717, 1.165) is 0 Å². The van der Waals surface area contributed by atoms with E-state index in [1.807, 2.05) is 20.8 Å². The van der Waals surface area contributed by atoms with Crippen molar-refractivity contribution in [3.63, 3.8) is 0 Å². The Kier molecular flexibility index (Phi) is 6.53. The average Bonchev–Trinajstić information content (AvgIpc) is 2.81. The number of phenols is 1. The number of nitrogens with one attached hydrogen (secondary N) is 1. The summed E-state index contributed by atoms with van der Waals surface area (Å²) in [5.74, 6) is -7.30. The van der Waals surface area contributed by atoms with E-state index in [1.54, 1.807) is 0 Å². The number of nitrogens with two attached hydrogens (primary N) is 2. The molecule has 0 unspecified atom stereocenters. The number of benzene rings is 1. The van der Waals surface area contributed by atoms with Gasteiger partial charge in [-0.15, -0.1) is 0 Å². The molecule has 3 aliphatic rings. The Morgan fingerprint density at radius 1 is 1.18 bits per heavy atom. The maximum absolute atomic E-state index is 13.7. The lowest BCUT2D eigenvalue weighted by atomic mass is 9.60. The van der Waals surface area contributed by atoms with Crippen LogP contribution in [0.3, 0.4) is 0 Å². The Hall–Kier alpha value is -3.90. The van der Waals surface area contributed by atoms with Gasteiger partial charge in [-0.25, -0.2) is 4.79 Å². The quantitative estimate of drug-likeness (QED) is 0.220. The first kappa shape index (κ1) is 27.1. The summed E-state index contributed by atoms with van der Waals surface area (Å²) in [5, 5.41) is 46.1. The number of hydrogen-bond acceptors (Lipinski definition) is 10. The van der Waals surface area contributed by atoms with Crippen LogP contribution in [-0.4, -0.2) is 56.2 Å². The summed E-state index contributed by atoms with van der Waals surface area (Å²) >= 11 is 0. The number of hydrogen-bond donors (Lipinski definition) is 7. The number of primary amides is 1. The molecule has 1 aromatic carbocycles. The van der Waals surface area contributed by atoms with Gasteiger partial charge in [0.05, 0.1) is 17.9 Å². The van der Waals surface area contributed by atoms with Gasteiger partial charge < -0.3 is 36.6 Å². The van der Waals surface area contributed by atoms with E-state index >= 15 is 0 Å². The molecule has 0 radical (unpaired) electrons. The van der Waals surface area contributed by atoms with Crippen molar-refractivity contribution in [3.8, 4) is 5.75 Å². The lowest BCUT2D eigenvalue weighted by Crippen LogP contribution is -2.57. The van der Waals surface area contributed by atoms with E-state index in [1.165, 1.54) is 6.07 Å². The number of carbonyl (C=O) groups excluding carboxylic acids is 4. The third-order valence-corrected chi connectivity index (χ3v) is 7.25. The normalized spacial score (nSPS) is 25.0. The highest BCUT2D eigenvalue weighted by Crippen LogP contribution is 2.52. The minimum atomic E-state index is -2.66. The second-order valence-corrected chi connectivity index (χ2v) is 11.2. The topological polar surface area (TPSA) is 222 Å². The van der Waals surface area contributed by atoms with E-state index < -0.39 is 63.8 Å². The van der Waals surface area contributed by atoms with Crippen molar-refractivity contribution >= 4 is 29.3 Å². The van der Waals surface area contributed by atoms with Crippen molar-refractivity contribution in [2.24, 2.45) is 28.7 Å². The highest BCUT2D eigenvalue weighted by Gasteiger charge is 2.59. The van der Waals surface area contributed by atoms with Gasteiger partial charge in [-0.05, 0) is 41.4 Å². The number of allylic oxidation sites excluding steroid dienone is 2. The van der Waals surface area contributed by atoms with Gasteiger partial charge in [0.2, 0.25) is 5.78 Å². The van der Waals surface area contributed by atoms with Crippen LogP contribution >= 0.6 is 0 Å². The van der Waals surface area contributed by atoms with E-state index in [-0.39, 0.29) is 54.7 Å². The number of amides is 2. The molecule has 0 aliphatic heterocycles. The van der Waals surface area contributed by atoms with Gasteiger partial charge >= 0.3 is 6.09 Å². The zero-order valence-corrected chi connectivity index (χ0v) is 21.3. The summed E-state index contributed by atoms with van der Waals surface area (Å²) in [6, 6.07) is 1.44. The first-order valence-corrected chi connectivity index (χ1v) is 12.1. The molecular weight excluding hydrogens is 498 g/mol. The van der Waals surface area contributed by atoms with Crippen LogP contribution in [0, 0.1) is 17.3 Å². The van der Waals surface area contributed by atoms with Gasteiger partial charge in [0.25, 0.3) is 5.91 Å². The number of aliphatic hydroxyl groups excluding tert-OH is 2. The van der Waals surface area contributed by atoms with Gasteiger partial charge in [-0.1, -0.05) is 20.8 Å². The van der Waals surface area contributed by atoms with Crippen molar-refractivity contribution in [1.82, 2.24) is 0 Å². The highest BCUT2D eigenvalue weighted by atomic mass is 16.5. The summed E-state index contributed by atoms with van der Waals surface area (Å²) in [4.78, 5) is 50.9. The molecule has 12 heteroatoms. The van der Waals surface area contributed by atoms with E-state index in [2.05, 4.69) is 5.32 Å². The monoisotopic (exact) mass is 529 g/mol. The second kappa shape index (κ2) is 9.14. The molecule has 4 rings (SSSR count). The standard InChI is InChI=1S/C26H31N3O9/c1-25(2,3)9-38-24(36)29-14-6-11(8-27)13-5-10-4-12-7-15(30)18(23(28)35)22(34)26(12,37)21(33)16(10)20(32)17(13)19(14)31/h6,10,12,30-31,33,37H,4-5,7-9,27H2,1-3H3,(H2,28,35)(H,29,36)/t10-,12+,26+/m1/s1. The van der Waals surface area contributed by atoms with Crippen LogP contribution in [0.4, 0.5) is 10.5 Å². The number of aromatic hydroxyl groups is 1. The van der Waals surface area contributed by atoms with Gasteiger partial charge in [0, 0.05) is 24.5 Å². The highest BCUT2D eigenvalue weighted by molar-refractivity contribution is 6.24. The van der Waals surface area contributed by atoms with Crippen molar-refractivity contribution < 1.29 is 44.3 Å². The van der Waals surface area contributed by atoms with Crippen LogP contribution in [0.15, 0.2) is 28.7 Å². The lowest BCUT2D eigenvalue weighted by Gasteiger charge is -2.45. The van der Waals surface area contributed by atoms with Crippen molar-refractivity contribution in [2.75, 3.05) is 11.9 Å². The Balaban J connectivity index is 1.79. The van der Waals surface area contributed by atoms with Crippen LogP contribution in [0.2, 0.25) is 0 Å². The number of anilines is 1. The maximum Gasteiger partial charge on any atom is 0.411 e. The van der Waals surface area contributed by atoms with Crippen LogP contribution in [0.25, 0.3) is 0 Å². The molecule has 12 nitrogen and oxygen atoms in total. The number of ether oxygens (including phenoxy) is 1. The largest absolute Gasteiger partial charge is 0.511 e. The summed E-state index contributed by atoms with van der Waals surface area (Å²) in [6.07, 6.45) is -1.06. The van der Waals surface area contributed by atoms with Crippen LogP contribution in [0.1, 0.15) is 55.1 Å². The predicted molar refractivity (Wildman–Crippen MR) is 133 cm³/mol. The Morgan fingerprint density at radius 2 is 1.84 bits per heavy atom. The Morgan fingerprint density at radius 3 is 2.42 bits per heavy atom. The lowest BCUT2D eigenvalue weighted by molar-refractivity contribution is -0.144. The molecule has 38 heavy (non-hydrogen) atoms. The molecule has 1 aromatic rings. The molecule has 204 valence electrons. The minimum Gasteiger partial charge on any atom is -0.511 e. The molecule has 3 aliphatic carbocycles. The molecule has 9 N–H and O–H groups in total. The van der Waals surface area contributed by atoms with E-state index in [4.69, 9.17) is 16.2 Å². The molecular formula is C26H31N3O9. The summed E-state index contributed by atoms with van der Waals surface area (Å²) < 4.78 is 5.18. The SMILES string of the molecule is CC(C)(C)COC(=O)Nc1cc(CN)c2c(c1O)C(=O)C1=C(O)[C@]3(O)C(=O)C(C(N)=O)=C(O)C[C@@H]3C[C@@H]1C2. The second-order valence-electron chi connectivity index (χ2n) is 11.2. The zero-order chi connectivity index (χ0) is 28.3. The summed E-state index contributed by atoms with van der Waals surface area (Å²) in [6.45, 7) is 5.63. The molecule has 0 spiro atoms. The van der Waals surface area contributed by atoms with Gasteiger partial charge in [0.1, 0.15) is 17.1 Å². The molecule has 0 fully saturated rings. The molecule has 0 aromatic heterocycles. The average molecular weight is 530 g/mol. The third-order valence-electron chi connectivity index (χ3n) is 7.25. The number of fused-ring (bicyclic) bond motifs is 3. The first-order chi connectivity index (χ1) is 17.6. The number of Topliss-reactive ketones (excluding diaryl/α,β-unsaturated/α-hetero) is 2. The first-order valence-electron chi connectivity index (χ1n) is 12.1. The molecule has 3 atom stereocenters. The maximum atomic E-state index is 13.7. The molecule has 2 amide bonds. The number of phenolic OH excluding ortho intramolecular Hbond substituents is 1. The minimum absolute atomic E-state index is 0.00677. The van der Waals surface area contributed by atoms with E-state index in [0.29, 0.717) is 11.1 Å². The van der Waals surface area contributed by atoms with Crippen LogP contribution in [-0.2, 0) is 27.3 Å². The smallest absolute Gasteiger partial charge is 0.411 e. The van der Waals surface area contributed by atoms with Gasteiger partial charge in [-0.3, -0.25) is 19.7 Å². The number of carbonyl (C=O) groups is 4. The fourth-order valence-electron chi connectivity index (χ4n) is 5.47. The molecule has 0 heterocycles. The number of ketones is 2. The van der Waals surface area contributed by atoms with Crippen molar-refractivity contribution in [1.29, 1.82) is 0 Å². The molecule has 0 bridgehead atoms. The Bertz CT molecular complexity index is 1340. The van der Waals surface area contributed by atoms with Gasteiger partial charge in [-0.2, -0.15) is 0 Å². The Labute approximate surface area is 217 Å². The van der Waals surface area contributed by atoms with Crippen LogP contribution in [0.5, 0.6) is 5.75 Å². The van der Waals surface area contributed by atoms with Crippen LogP contribution < -0.4 is 16.8 Å². The van der Waals surface area contributed by atoms with Gasteiger partial charge in [0.15, 0.2) is 17.1 Å². The number of rotatable bonds is 4. The van der Waals surface area contributed by atoms with E-state index in [9.17, 15) is 39.6 Å².